The molecule has 0 bridgehead atoms. The van der Waals surface area contributed by atoms with Crippen molar-refractivity contribution >= 4 is 35.3 Å². The summed E-state index contributed by atoms with van der Waals surface area (Å²) in [6, 6.07) is 1.06. The third-order valence-electron chi connectivity index (χ3n) is 4.44. The Kier molecular flexibility index (Phi) is 5.72. The van der Waals surface area contributed by atoms with Crippen molar-refractivity contribution in [2.45, 2.75) is 0 Å². The van der Waals surface area contributed by atoms with Crippen LogP contribution in [0.15, 0.2) is 17.1 Å². The van der Waals surface area contributed by atoms with Gasteiger partial charge in [0, 0.05) is 33.2 Å². The fraction of sp³-hybridized carbons (Fsp3) is 0.375. The van der Waals surface area contributed by atoms with E-state index in [-0.39, 0.29) is 29.3 Å². The SMILES string of the molecule is CNc1cc(C(=O)O)c(=O)n2cc(F)c(N3CCN(C)CC3)c(F)c12.Cl. The van der Waals surface area contributed by atoms with Crippen LogP contribution in [0.5, 0.6) is 0 Å². The van der Waals surface area contributed by atoms with Crippen LogP contribution < -0.4 is 15.8 Å². The first-order valence-corrected chi connectivity index (χ1v) is 7.77. The van der Waals surface area contributed by atoms with Gasteiger partial charge in [-0.3, -0.25) is 9.20 Å². The van der Waals surface area contributed by atoms with Gasteiger partial charge >= 0.3 is 5.97 Å². The van der Waals surface area contributed by atoms with E-state index in [2.05, 4.69) is 10.2 Å². The minimum absolute atomic E-state index is 0. The van der Waals surface area contributed by atoms with E-state index in [0.717, 1.165) is 12.3 Å². The predicted octanol–water partition coefficient (Wildman–Crippen LogP) is 1.49. The molecule has 0 saturated carbocycles. The largest absolute Gasteiger partial charge is 0.477 e. The van der Waals surface area contributed by atoms with E-state index in [4.69, 9.17) is 5.11 Å². The molecule has 0 radical (unpaired) electrons. The topological polar surface area (TPSA) is 77.3 Å². The predicted molar refractivity (Wildman–Crippen MR) is 97.0 cm³/mol. The van der Waals surface area contributed by atoms with Crippen LogP contribution in [-0.4, -0.2) is 60.7 Å². The number of pyridine rings is 2. The molecule has 0 aromatic carbocycles. The Bertz CT molecular complexity index is 911. The summed E-state index contributed by atoms with van der Waals surface area (Å²) in [6.45, 7) is 2.22. The van der Waals surface area contributed by atoms with Crippen LogP contribution in [0.25, 0.3) is 5.52 Å². The number of piperazine rings is 1. The number of halogens is 3. The molecule has 0 amide bonds. The maximum absolute atomic E-state index is 15.1. The molecule has 1 aliphatic rings. The van der Waals surface area contributed by atoms with E-state index >= 15 is 4.39 Å². The normalized spacial score (nSPS) is 15.0. The molecule has 10 heteroatoms. The molecule has 2 aromatic heterocycles. The monoisotopic (exact) mass is 388 g/mol. The van der Waals surface area contributed by atoms with Gasteiger partial charge in [-0.1, -0.05) is 0 Å². The van der Waals surface area contributed by atoms with Crippen molar-refractivity contribution in [2.75, 3.05) is 50.5 Å². The second-order valence-corrected chi connectivity index (χ2v) is 5.98. The summed E-state index contributed by atoms with van der Waals surface area (Å²) in [6.07, 6.45) is 0.849. The van der Waals surface area contributed by atoms with Crippen LogP contribution in [0, 0.1) is 11.6 Å². The van der Waals surface area contributed by atoms with Crippen molar-refractivity contribution < 1.29 is 18.7 Å². The van der Waals surface area contributed by atoms with Crippen molar-refractivity contribution in [3.8, 4) is 0 Å². The number of fused-ring (bicyclic) bond motifs is 1. The van der Waals surface area contributed by atoms with Gasteiger partial charge in [0.2, 0.25) is 0 Å². The van der Waals surface area contributed by atoms with Gasteiger partial charge in [-0.15, -0.1) is 12.4 Å². The molecule has 7 nitrogen and oxygen atoms in total. The fourth-order valence-corrected chi connectivity index (χ4v) is 3.04. The zero-order valence-electron chi connectivity index (χ0n) is 14.3. The summed E-state index contributed by atoms with van der Waals surface area (Å²) in [5.41, 5.74) is -1.82. The van der Waals surface area contributed by atoms with E-state index in [9.17, 15) is 14.0 Å². The molecule has 0 atom stereocenters. The van der Waals surface area contributed by atoms with E-state index in [0.29, 0.717) is 30.6 Å². The number of carboxylic acid groups (broad SMARTS) is 1. The van der Waals surface area contributed by atoms with Crippen LogP contribution in [0.2, 0.25) is 0 Å². The quantitative estimate of drug-likeness (QED) is 0.829. The first-order chi connectivity index (χ1) is 11.8. The van der Waals surface area contributed by atoms with Crippen molar-refractivity contribution in [1.29, 1.82) is 0 Å². The van der Waals surface area contributed by atoms with Crippen LogP contribution >= 0.6 is 12.4 Å². The highest BCUT2D eigenvalue weighted by atomic mass is 35.5. The minimum Gasteiger partial charge on any atom is -0.477 e. The Morgan fingerprint density at radius 3 is 2.38 bits per heavy atom. The Labute approximate surface area is 154 Å². The molecular formula is C16H19ClF2N4O3. The standard InChI is InChI=1S/C16H18F2N4O3.ClH/c1-19-11-7-9(16(24)25)15(23)22-8-10(17)13(12(18)14(11)22)21-5-3-20(2)4-6-21;/h7-8,19H,3-6H2,1-2H3,(H,24,25);1H. The van der Waals surface area contributed by atoms with Gasteiger partial charge in [0.1, 0.15) is 16.8 Å². The van der Waals surface area contributed by atoms with E-state index in [1.54, 1.807) is 4.90 Å². The molecule has 0 unspecified atom stereocenters. The zero-order chi connectivity index (χ0) is 18.3. The molecule has 1 aliphatic heterocycles. The Morgan fingerprint density at radius 2 is 1.85 bits per heavy atom. The van der Waals surface area contributed by atoms with Crippen molar-refractivity contribution in [2.24, 2.45) is 0 Å². The molecule has 1 saturated heterocycles. The van der Waals surface area contributed by atoms with Gasteiger partial charge in [-0.05, 0) is 13.1 Å². The number of hydrogen-bond donors (Lipinski definition) is 2. The zero-order valence-corrected chi connectivity index (χ0v) is 15.1. The van der Waals surface area contributed by atoms with Gasteiger partial charge in [-0.25, -0.2) is 13.6 Å². The lowest BCUT2D eigenvalue weighted by Crippen LogP contribution is -2.45. The maximum atomic E-state index is 15.1. The number of hydrogen-bond acceptors (Lipinski definition) is 5. The molecule has 2 aromatic rings. The molecule has 2 N–H and O–H groups in total. The highest BCUT2D eigenvalue weighted by Crippen LogP contribution is 2.30. The fourth-order valence-electron chi connectivity index (χ4n) is 3.04. The average Bonchev–Trinajstić information content (AvgIpc) is 2.57. The first kappa shape index (κ1) is 19.9. The number of carbonyl (C=O) groups is 1. The molecule has 26 heavy (non-hydrogen) atoms. The number of likely N-dealkylation sites (N-methyl/N-ethyl adjacent to an activating group) is 1. The lowest BCUT2D eigenvalue weighted by atomic mass is 10.1. The number of anilines is 2. The number of nitrogens with one attached hydrogen (secondary N) is 1. The minimum atomic E-state index is -1.46. The van der Waals surface area contributed by atoms with E-state index in [1.165, 1.54) is 7.05 Å². The van der Waals surface area contributed by atoms with E-state index in [1.807, 2.05) is 7.05 Å². The van der Waals surface area contributed by atoms with Crippen LogP contribution in [0.1, 0.15) is 10.4 Å². The van der Waals surface area contributed by atoms with Crippen molar-refractivity contribution in [1.82, 2.24) is 9.30 Å². The summed E-state index contributed by atoms with van der Waals surface area (Å²) in [5, 5.41) is 11.8. The first-order valence-electron chi connectivity index (χ1n) is 7.77. The number of aromatic nitrogens is 1. The molecule has 0 spiro atoms. The third kappa shape index (κ3) is 3.19. The number of carboxylic acids is 1. The van der Waals surface area contributed by atoms with Crippen LogP contribution in [-0.2, 0) is 0 Å². The summed E-state index contributed by atoms with van der Waals surface area (Å²) in [4.78, 5) is 27.1. The maximum Gasteiger partial charge on any atom is 0.341 e. The highest BCUT2D eigenvalue weighted by molar-refractivity contribution is 5.91. The molecule has 0 aliphatic carbocycles. The Balaban J connectivity index is 0.00000243. The highest BCUT2D eigenvalue weighted by Gasteiger charge is 2.26. The second kappa shape index (κ2) is 7.46. The number of rotatable bonds is 3. The average molecular weight is 389 g/mol. The smallest absolute Gasteiger partial charge is 0.341 e. The summed E-state index contributed by atoms with van der Waals surface area (Å²) < 4.78 is 30.4. The molecule has 142 valence electrons. The Morgan fingerprint density at radius 1 is 1.23 bits per heavy atom. The summed E-state index contributed by atoms with van der Waals surface area (Å²) in [7, 11) is 3.40. The van der Waals surface area contributed by atoms with Gasteiger partial charge in [0.05, 0.1) is 11.9 Å². The summed E-state index contributed by atoms with van der Waals surface area (Å²) in [5.74, 6) is -3.25. The van der Waals surface area contributed by atoms with Crippen molar-refractivity contribution in [3.63, 3.8) is 0 Å². The third-order valence-corrected chi connectivity index (χ3v) is 4.44. The second-order valence-electron chi connectivity index (χ2n) is 5.98. The molecule has 3 heterocycles. The lowest BCUT2D eigenvalue weighted by Gasteiger charge is -2.34. The van der Waals surface area contributed by atoms with Gasteiger partial charge in [0.25, 0.3) is 5.56 Å². The van der Waals surface area contributed by atoms with Crippen molar-refractivity contribution in [3.05, 3.63) is 39.8 Å². The molecular weight excluding hydrogens is 370 g/mol. The number of nitrogens with zero attached hydrogens (tertiary/aromatic N) is 3. The van der Waals surface area contributed by atoms with Crippen LogP contribution in [0.4, 0.5) is 20.2 Å². The van der Waals surface area contributed by atoms with Crippen LogP contribution in [0.3, 0.4) is 0 Å². The Hall–Kier alpha value is -2.39. The lowest BCUT2D eigenvalue weighted by molar-refractivity contribution is 0.0695. The van der Waals surface area contributed by atoms with Gasteiger partial charge in [0.15, 0.2) is 11.6 Å². The summed E-state index contributed by atoms with van der Waals surface area (Å²) >= 11 is 0. The molecule has 3 rings (SSSR count). The molecule has 1 fully saturated rings. The number of aromatic carboxylic acids is 1. The van der Waals surface area contributed by atoms with Gasteiger partial charge in [-0.2, -0.15) is 0 Å². The van der Waals surface area contributed by atoms with E-state index < -0.39 is 28.7 Å². The van der Waals surface area contributed by atoms with Gasteiger partial charge < -0.3 is 20.2 Å².